The van der Waals surface area contributed by atoms with Crippen molar-refractivity contribution in [2.45, 2.75) is 52.5 Å². The predicted molar refractivity (Wildman–Crippen MR) is 111 cm³/mol. The Kier molecular flexibility index (Phi) is 6.57. The molecule has 0 aliphatic carbocycles. The molecule has 1 aromatic heterocycles. The van der Waals surface area contributed by atoms with E-state index in [2.05, 4.69) is 34.1 Å². The van der Waals surface area contributed by atoms with E-state index in [4.69, 9.17) is 9.26 Å². The van der Waals surface area contributed by atoms with E-state index >= 15 is 0 Å². The summed E-state index contributed by atoms with van der Waals surface area (Å²) >= 11 is 0. The number of nitrogens with zero attached hydrogens (tertiary/aromatic N) is 4. The number of aryl methyl sites for hydroxylation is 2. The van der Waals surface area contributed by atoms with Gasteiger partial charge in [0, 0.05) is 56.5 Å². The number of hydrogen-bond acceptors (Lipinski definition) is 6. The van der Waals surface area contributed by atoms with Crippen molar-refractivity contribution in [3.63, 3.8) is 0 Å². The molecule has 1 aliphatic heterocycles. The number of aromatic nitrogens is 2. The number of piperazine rings is 1. The standard InChI is InChI=1S/C22H32N4O3/c1-16-6-7-18(28-5)17(14-16)15-25-10-12-26(13-11-25)20(27)9-8-19-23-21(24-29-19)22(2,3)4/h6-7,14H,8-13,15H2,1-5H3. The van der Waals surface area contributed by atoms with Gasteiger partial charge >= 0.3 is 0 Å². The largest absolute Gasteiger partial charge is 0.496 e. The maximum Gasteiger partial charge on any atom is 0.227 e. The first kappa shape index (κ1) is 21.3. The smallest absolute Gasteiger partial charge is 0.227 e. The molecule has 7 nitrogen and oxygen atoms in total. The van der Waals surface area contributed by atoms with Gasteiger partial charge in [-0.05, 0) is 13.0 Å². The lowest BCUT2D eigenvalue weighted by molar-refractivity contribution is -0.133. The second-order valence-corrected chi connectivity index (χ2v) is 8.73. The van der Waals surface area contributed by atoms with Crippen LogP contribution in [0.2, 0.25) is 0 Å². The van der Waals surface area contributed by atoms with Crippen LogP contribution in [0.25, 0.3) is 0 Å². The lowest BCUT2D eigenvalue weighted by atomic mass is 9.96. The van der Waals surface area contributed by atoms with Gasteiger partial charge in [0.1, 0.15) is 5.75 Å². The molecule has 1 amide bonds. The van der Waals surface area contributed by atoms with Crippen LogP contribution < -0.4 is 4.74 Å². The third kappa shape index (κ3) is 5.56. The molecule has 1 aliphatic rings. The van der Waals surface area contributed by atoms with Crippen LogP contribution in [0.15, 0.2) is 22.7 Å². The normalized spacial score (nSPS) is 15.6. The summed E-state index contributed by atoms with van der Waals surface area (Å²) in [5, 5.41) is 4.02. The molecular formula is C22H32N4O3. The zero-order chi connectivity index (χ0) is 21.0. The van der Waals surface area contributed by atoms with Crippen LogP contribution in [0.3, 0.4) is 0 Å². The molecule has 0 atom stereocenters. The Hall–Kier alpha value is -2.41. The van der Waals surface area contributed by atoms with Crippen LogP contribution in [0.5, 0.6) is 5.75 Å². The number of amides is 1. The minimum atomic E-state index is -0.151. The van der Waals surface area contributed by atoms with Crippen LogP contribution in [0.4, 0.5) is 0 Å². The number of benzene rings is 1. The van der Waals surface area contributed by atoms with Crippen molar-refractivity contribution < 1.29 is 14.1 Å². The van der Waals surface area contributed by atoms with Crippen LogP contribution in [-0.2, 0) is 23.2 Å². The van der Waals surface area contributed by atoms with Gasteiger partial charge in [0.25, 0.3) is 0 Å². The lowest BCUT2D eigenvalue weighted by Gasteiger charge is -2.35. The third-order valence-corrected chi connectivity index (χ3v) is 5.25. The van der Waals surface area contributed by atoms with Gasteiger partial charge in [0.05, 0.1) is 7.11 Å². The van der Waals surface area contributed by atoms with Gasteiger partial charge in [-0.1, -0.05) is 43.6 Å². The molecular weight excluding hydrogens is 368 g/mol. The van der Waals surface area contributed by atoms with Crippen molar-refractivity contribution in [3.05, 3.63) is 41.0 Å². The zero-order valence-corrected chi connectivity index (χ0v) is 18.2. The minimum absolute atomic E-state index is 0.147. The maximum atomic E-state index is 12.6. The molecule has 0 saturated carbocycles. The summed E-state index contributed by atoms with van der Waals surface area (Å²) in [5.74, 6) is 2.28. The summed E-state index contributed by atoms with van der Waals surface area (Å²) in [6.45, 7) is 12.2. The summed E-state index contributed by atoms with van der Waals surface area (Å²) < 4.78 is 10.8. The van der Waals surface area contributed by atoms with Gasteiger partial charge in [-0.3, -0.25) is 9.69 Å². The number of ether oxygens (including phenoxy) is 1. The molecule has 0 N–H and O–H groups in total. The predicted octanol–water partition coefficient (Wildman–Crippen LogP) is 2.96. The molecule has 0 bridgehead atoms. The van der Waals surface area contributed by atoms with Gasteiger partial charge in [0.15, 0.2) is 5.82 Å². The molecule has 29 heavy (non-hydrogen) atoms. The fourth-order valence-electron chi connectivity index (χ4n) is 3.46. The fraction of sp³-hybridized carbons (Fsp3) is 0.591. The Morgan fingerprint density at radius 2 is 1.93 bits per heavy atom. The van der Waals surface area contributed by atoms with Crippen molar-refractivity contribution in [3.8, 4) is 5.75 Å². The van der Waals surface area contributed by atoms with E-state index in [0.29, 0.717) is 24.6 Å². The van der Waals surface area contributed by atoms with E-state index in [-0.39, 0.29) is 11.3 Å². The highest BCUT2D eigenvalue weighted by molar-refractivity contribution is 5.76. The molecule has 2 aromatic rings. The molecule has 1 aromatic carbocycles. The molecule has 158 valence electrons. The Labute approximate surface area is 173 Å². The van der Waals surface area contributed by atoms with Gasteiger partial charge < -0.3 is 14.2 Å². The number of carbonyl (C=O) groups is 1. The maximum absolute atomic E-state index is 12.6. The number of methoxy groups -OCH3 is 1. The quantitative estimate of drug-likeness (QED) is 0.742. The monoisotopic (exact) mass is 400 g/mol. The van der Waals surface area contributed by atoms with E-state index in [9.17, 15) is 4.79 Å². The molecule has 0 spiro atoms. The molecule has 0 radical (unpaired) electrons. The molecule has 1 saturated heterocycles. The average Bonchev–Trinajstić information content (AvgIpc) is 3.16. The first-order chi connectivity index (χ1) is 13.8. The molecule has 1 fully saturated rings. The Balaban J connectivity index is 1.47. The van der Waals surface area contributed by atoms with Crippen molar-refractivity contribution >= 4 is 5.91 Å². The highest BCUT2D eigenvalue weighted by Crippen LogP contribution is 2.22. The van der Waals surface area contributed by atoms with Gasteiger partial charge in [-0.15, -0.1) is 0 Å². The SMILES string of the molecule is COc1ccc(C)cc1CN1CCN(C(=O)CCc2nc(C(C)(C)C)no2)CC1. The van der Waals surface area contributed by atoms with Crippen molar-refractivity contribution in [2.75, 3.05) is 33.3 Å². The van der Waals surface area contributed by atoms with E-state index in [1.54, 1.807) is 7.11 Å². The molecule has 3 rings (SSSR count). The Morgan fingerprint density at radius 1 is 1.21 bits per heavy atom. The Morgan fingerprint density at radius 3 is 2.55 bits per heavy atom. The second-order valence-electron chi connectivity index (χ2n) is 8.73. The van der Waals surface area contributed by atoms with Crippen LogP contribution in [0, 0.1) is 6.92 Å². The summed E-state index contributed by atoms with van der Waals surface area (Å²) in [5.41, 5.74) is 2.27. The van der Waals surface area contributed by atoms with E-state index < -0.39 is 0 Å². The molecule has 0 unspecified atom stereocenters. The Bertz CT molecular complexity index is 833. The first-order valence-corrected chi connectivity index (χ1v) is 10.2. The van der Waals surface area contributed by atoms with Crippen molar-refractivity contribution in [1.29, 1.82) is 0 Å². The fourth-order valence-corrected chi connectivity index (χ4v) is 3.46. The third-order valence-electron chi connectivity index (χ3n) is 5.25. The summed E-state index contributed by atoms with van der Waals surface area (Å²) in [6.07, 6.45) is 0.889. The van der Waals surface area contributed by atoms with Crippen molar-refractivity contribution in [1.82, 2.24) is 19.9 Å². The van der Waals surface area contributed by atoms with Crippen molar-refractivity contribution in [2.24, 2.45) is 0 Å². The number of hydrogen-bond donors (Lipinski definition) is 0. The van der Waals surface area contributed by atoms with Crippen LogP contribution in [0.1, 0.15) is 50.0 Å². The van der Waals surface area contributed by atoms with Gasteiger partial charge in [-0.2, -0.15) is 4.98 Å². The molecule has 7 heteroatoms. The minimum Gasteiger partial charge on any atom is -0.496 e. The van der Waals surface area contributed by atoms with Crippen LogP contribution >= 0.6 is 0 Å². The van der Waals surface area contributed by atoms with E-state index in [1.807, 2.05) is 31.7 Å². The number of carbonyl (C=O) groups excluding carboxylic acids is 1. The molecule has 2 heterocycles. The zero-order valence-electron chi connectivity index (χ0n) is 18.2. The highest BCUT2D eigenvalue weighted by atomic mass is 16.5. The second kappa shape index (κ2) is 8.95. The van der Waals surface area contributed by atoms with E-state index in [1.165, 1.54) is 11.1 Å². The number of rotatable bonds is 6. The summed E-state index contributed by atoms with van der Waals surface area (Å²) in [6, 6.07) is 6.26. The average molecular weight is 401 g/mol. The van der Waals surface area contributed by atoms with Crippen LogP contribution in [-0.4, -0.2) is 59.1 Å². The lowest BCUT2D eigenvalue weighted by Crippen LogP contribution is -2.48. The first-order valence-electron chi connectivity index (χ1n) is 10.2. The highest BCUT2D eigenvalue weighted by Gasteiger charge is 2.24. The van der Waals surface area contributed by atoms with E-state index in [0.717, 1.165) is 38.5 Å². The summed E-state index contributed by atoms with van der Waals surface area (Å²) in [7, 11) is 1.71. The summed E-state index contributed by atoms with van der Waals surface area (Å²) in [4.78, 5) is 21.3. The topological polar surface area (TPSA) is 71.7 Å². The van der Waals surface area contributed by atoms with Gasteiger partial charge in [0.2, 0.25) is 11.8 Å². The van der Waals surface area contributed by atoms with Gasteiger partial charge in [-0.25, -0.2) is 0 Å².